The summed E-state index contributed by atoms with van der Waals surface area (Å²) in [6.07, 6.45) is -4.18. The minimum absolute atomic E-state index is 0.0795. The number of fused-ring (bicyclic) bond motifs is 2. The molecule has 0 saturated heterocycles. The van der Waals surface area contributed by atoms with Gasteiger partial charge in [-0.05, 0) is 18.2 Å². The lowest BCUT2D eigenvalue weighted by atomic mass is 10.1. The topological polar surface area (TPSA) is 74.6 Å². The first kappa shape index (κ1) is 17.7. The van der Waals surface area contributed by atoms with Gasteiger partial charge in [-0.25, -0.2) is 0 Å². The normalized spacial score (nSPS) is 15.5. The van der Waals surface area contributed by atoms with E-state index in [1.54, 1.807) is 18.2 Å². The first-order chi connectivity index (χ1) is 12.9. The van der Waals surface area contributed by atoms with Crippen LogP contribution in [0.1, 0.15) is 27.3 Å². The average molecular weight is 383 g/mol. The van der Waals surface area contributed by atoms with Crippen LogP contribution >= 0.6 is 0 Å². The van der Waals surface area contributed by atoms with Gasteiger partial charge < -0.3 is 19.5 Å². The predicted octanol–water partition coefficient (Wildman–Crippen LogP) is 2.13. The molecule has 0 spiro atoms. The predicted molar refractivity (Wildman–Crippen MR) is 85.5 cm³/mol. The molecule has 2 aliphatic rings. The van der Waals surface area contributed by atoms with Gasteiger partial charge in [0.1, 0.15) is 0 Å². The average Bonchev–Trinajstić information content (AvgIpc) is 3.25. The van der Waals surface area contributed by atoms with Gasteiger partial charge in [-0.15, -0.1) is 0 Å². The highest BCUT2D eigenvalue weighted by atomic mass is 19.4. The van der Waals surface area contributed by atoms with E-state index in [0.717, 1.165) is 0 Å². The Labute approximate surface area is 152 Å². The molecule has 3 heterocycles. The molecule has 4 rings (SSSR count). The maximum absolute atomic E-state index is 13.1. The summed E-state index contributed by atoms with van der Waals surface area (Å²) in [5.41, 5.74) is 0.0483. The zero-order valence-corrected chi connectivity index (χ0v) is 14.1. The summed E-state index contributed by atoms with van der Waals surface area (Å²) in [6, 6.07) is 4.79. The number of carbonyl (C=O) groups is 1. The zero-order valence-electron chi connectivity index (χ0n) is 14.1. The van der Waals surface area contributed by atoms with Crippen molar-refractivity contribution < 1.29 is 32.2 Å². The van der Waals surface area contributed by atoms with Gasteiger partial charge in [0, 0.05) is 29.8 Å². The Morgan fingerprint density at radius 1 is 1.26 bits per heavy atom. The Hall–Kier alpha value is -2.75. The number of nitrogens with one attached hydrogen (secondary N) is 1. The van der Waals surface area contributed by atoms with Crippen molar-refractivity contribution in [3.8, 4) is 11.5 Å². The first-order valence-electron chi connectivity index (χ1n) is 8.35. The minimum atomic E-state index is -4.54. The van der Waals surface area contributed by atoms with Gasteiger partial charge in [0.05, 0.1) is 19.8 Å². The molecular formula is C17H16F3N3O4. The molecule has 1 aromatic heterocycles. The van der Waals surface area contributed by atoms with Crippen LogP contribution in [0, 0.1) is 0 Å². The molecule has 7 nitrogen and oxygen atoms in total. The van der Waals surface area contributed by atoms with Crippen molar-refractivity contribution in [2.24, 2.45) is 0 Å². The number of ether oxygens (including phenoxy) is 3. The second-order valence-electron chi connectivity index (χ2n) is 6.12. The number of rotatable bonds is 4. The van der Waals surface area contributed by atoms with Crippen LogP contribution in [-0.4, -0.2) is 35.6 Å². The SMILES string of the molecule is O=C(NCCn1nc(C(F)(F)F)c2c1CCOC2)c1ccc2c(c1)OCO2. The second kappa shape index (κ2) is 6.76. The van der Waals surface area contributed by atoms with Crippen LogP contribution in [0.2, 0.25) is 0 Å². The molecule has 1 amide bonds. The summed E-state index contributed by atoms with van der Waals surface area (Å²) in [7, 11) is 0. The lowest BCUT2D eigenvalue weighted by molar-refractivity contribution is -0.142. The number of benzene rings is 1. The number of halogens is 3. The fourth-order valence-electron chi connectivity index (χ4n) is 3.14. The third-order valence-electron chi connectivity index (χ3n) is 4.41. The molecule has 0 radical (unpaired) electrons. The van der Waals surface area contributed by atoms with Crippen molar-refractivity contribution in [2.45, 2.75) is 25.7 Å². The van der Waals surface area contributed by atoms with Crippen molar-refractivity contribution >= 4 is 5.91 Å². The van der Waals surface area contributed by atoms with Crippen LogP contribution in [0.25, 0.3) is 0 Å². The minimum Gasteiger partial charge on any atom is -0.454 e. The molecule has 0 saturated carbocycles. The van der Waals surface area contributed by atoms with E-state index in [4.69, 9.17) is 14.2 Å². The molecule has 0 aliphatic carbocycles. The number of nitrogens with zero attached hydrogens (tertiary/aromatic N) is 2. The smallest absolute Gasteiger partial charge is 0.435 e. The number of hydrogen-bond acceptors (Lipinski definition) is 5. The maximum atomic E-state index is 13.1. The van der Waals surface area contributed by atoms with E-state index in [9.17, 15) is 18.0 Å². The molecule has 1 N–H and O–H groups in total. The Morgan fingerprint density at radius 3 is 2.89 bits per heavy atom. The Balaban J connectivity index is 1.43. The van der Waals surface area contributed by atoms with E-state index in [-0.39, 0.29) is 38.0 Å². The van der Waals surface area contributed by atoms with Crippen molar-refractivity contribution in [3.05, 3.63) is 40.7 Å². The van der Waals surface area contributed by atoms with Crippen molar-refractivity contribution in [3.63, 3.8) is 0 Å². The monoisotopic (exact) mass is 383 g/mol. The molecule has 2 aliphatic heterocycles. The Kier molecular flexibility index (Phi) is 4.42. The summed E-state index contributed by atoms with van der Waals surface area (Å²) >= 11 is 0. The van der Waals surface area contributed by atoms with Gasteiger partial charge in [0.15, 0.2) is 17.2 Å². The lowest BCUT2D eigenvalue weighted by Crippen LogP contribution is -2.28. The van der Waals surface area contributed by atoms with Crippen LogP contribution in [0.15, 0.2) is 18.2 Å². The van der Waals surface area contributed by atoms with Crippen LogP contribution < -0.4 is 14.8 Å². The van der Waals surface area contributed by atoms with Crippen LogP contribution in [0.4, 0.5) is 13.2 Å². The van der Waals surface area contributed by atoms with E-state index in [0.29, 0.717) is 35.8 Å². The highest BCUT2D eigenvalue weighted by Gasteiger charge is 2.39. The van der Waals surface area contributed by atoms with Gasteiger partial charge in [0.25, 0.3) is 5.91 Å². The van der Waals surface area contributed by atoms with E-state index >= 15 is 0 Å². The standard InChI is InChI=1S/C17H16F3N3O4/c18-17(19,20)15-11-8-25-6-3-12(11)23(22-15)5-4-21-16(24)10-1-2-13-14(7-10)27-9-26-13/h1-2,7H,3-6,8-9H2,(H,21,24). The molecule has 10 heteroatoms. The summed E-state index contributed by atoms with van der Waals surface area (Å²) in [5.74, 6) is 0.698. The van der Waals surface area contributed by atoms with Crippen LogP contribution in [0.3, 0.4) is 0 Å². The number of carbonyl (C=O) groups excluding carboxylic acids is 1. The molecule has 0 bridgehead atoms. The van der Waals surface area contributed by atoms with E-state index < -0.39 is 11.9 Å². The summed E-state index contributed by atoms with van der Waals surface area (Å²) < 4.78 is 56.3. The molecule has 0 unspecified atom stereocenters. The van der Waals surface area contributed by atoms with Crippen molar-refractivity contribution in [2.75, 3.05) is 19.9 Å². The molecule has 1 aromatic carbocycles. The second-order valence-corrected chi connectivity index (χ2v) is 6.12. The van der Waals surface area contributed by atoms with Gasteiger partial charge in [0.2, 0.25) is 6.79 Å². The zero-order chi connectivity index (χ0) is 19.0. The van der Waals surface area contributed by atoms with E-state index in [2.05, 4.69) is 10.4 Å². The molecule has 27 heavy (non-hydrogen) atoms. The van der Waals surface area contributed by atoms with E-state index in [1.807, 2.05) is 0 Å². The van der Waals surface area contributed by atoms with Gasteiger partial charge >= 0.3 is 6.18 Å². The van der Waals surface area contributed by atoms with Gasteiger partial charge in [-0.3, -0.25) is 9.48 Å². The summed E-state index contributed by atoms with van der Waals surface area (Å²) in [4.78, 5) is 12.3. The number of amides is 1. The van der Waals surface area contributed by atoms with Crippen molar-refractivity contribution in [1.82, 2.24) is 15.1 Å². The van der Waals surface area contributed by atoms with Crippen LogP contribution in [-0.2, 0) is 30.5 Å². The molecule has 0 fully saturated rings. The number of hydrogen-bond donors (Lipinski definition) is 1. The summed E-state index contributed by atoms with van der Waals surface area (Å²) in [5, 5.41) is 6.39. The number of alkyl halides is 3. The summed E-state index contributed by atoms with van der Waals surface area (Å²) in [6.45, 7) is 0.623. The Morgan fingerprint density at radius 2 is 2.07 bits per heavy atom. The highest BCUT2D eigenvalue weighted by molar-refractivity contribution is 5.94. The third-order valence-corrected chi connectivity index (χ3v) is 4.41. The molecule has 0 atom stereocenters. The van der Waals surface area contributed by atoms with Crippen LogP contribution in [0.5, 0.6) is 11.5 Å². The Bertz CT molecular complexity index is 879. The quantitative estimate of drug-likeness (QED) is 0.876. The van der Waals surface area contributed by atoms with Gasteiger partial charge in [-0.2, -0.15) is 18.3 Å². The van der Waals surface area contributed by atoms with Gasteiger partial charge in [-0.1, -0.05) is 0 Å². The molecule has 144 valence electrons. The highest BCUT2D eigenvalue weighted by Crippen LogP contribution is 2.34. The third kappa shape index (κ3) is 3.44. The molecular weight excluding hydrogens is 367 g/mol. The number of aromatic nitrogens is 2. The fourth-order valence-corrected chi connectivity index (χ4v) is 3.14. The molecule has 2 aromatic rings. The fraction of sp³-hybridized carbons (Fsp3) is 0.412. The first-order valence-corrected chi connectivity index (χ1v) is 8.35. The maximum Gasteiger partial charge on any atom is 0.435 e. The van der Waals surface area contributed by atoms with Crippen molar-refractivity contribution in [1.29, 1.82) is 0 Å². The van der Waals surface area contributed by atoms with E-state index in [1.165, 1.54) is 4.68 Å². The lowest BCUT2D eigenvalue weighted by Gasteiger charge is -2.15. The largest absolute Gasteiger partial charge is 0.454 e.